The number of anilines is 1. The fourth-order valence-corrected chi connectivity index (χ4v) is 2.73. The Kier molecular flexibility index (Phi) is 5.20. The molecule has 0 aliphatic carbocycles. The van der Waals surface area contributed by atoms with E-state index in [9.17, 15) is 4.79 Å². The van der Waals surface area contributed by atoms with Gasteiger partial charge in [-0.1, -0.05) is 18.5 Å². The average Bonchev–Trinajstić information content (AvgIpc) is 2.90. The summed E-state index contributed by atoms with van der Waals surface area (Å²) in [6.45, 7) is 6.30. The van der Waals surface area contributed by atoms with Crippen molar-refractivity contribution in [2.45, 2.75) is 19.8 Å². The number of nitrogens with zero attached hydrogens (tertiary/aromatic N) is 2. The lowest BCUT2D eigenvalue weighted by molar-refractivity contribution is 0.0697. The van der Waals surface area contributed by atoms with Gasteiger partial charge >= 0.3 is 5.97 Å². The third-order valence-electron chi connectivity index (χ3n) is 3.51. The van der Waals surface area contributed by atoms with Gasteiger partial charge in [0.1, 0.15) is 5.82 Å². The van der Waals surface area contributed by atoms with Crippen LogP contribution in [0.2, 0.25) is 5.02 Å². The fourth-order valence-electron chi connectivity index (χ4n) is 2.47. The number of carboxylic acid groups (broad SMARTS) is 1. The molecule has 0 saturated carbocycles. The number of aromatic nitrogens is 1. The van der Waals surface area contributed by atoms with Gasteiger partial charge in [0.25, 0.3) is 0 Å². The Morgan fingerprint density at radius 1 is 1.55 bits per heavy atom. The number of rotatable bonds is 6. The number of hydrogen-bond acceptors (Lipinski definition) is 4. The first-order chi connectivity index (χ1) is 9.58. The Balaban J connectivity index is 1.90. The minimum atomic E-state index is -1.04. The maximum absolute atomic E-state index is 11.0. The highest BCUT2D eigenvalue weighted by atomic mass is 35.5. The third-order valence-corrected chi connectivity index (χ3v) is 3.89. The molecule has 1 atom stereocenters. The zero-order valence-electron chi connectivity index (χ0n) is 11.6. The zero-order valence-corrected chi connectivity index (χ0v) is 12.4. The highest BCUT2D eigenvalue weighted by molar-refractivity contribution is 6.35. The van der Waals surface area contributed by atoms with Gasteiger partial charge in [-0.2, -0.15) is 0 Å². The summed E-state index contributed by atoms with van der Waals surface area (Å²) in [4.78, 5) is 17.6. The Labute approximate surface area is 123 Å². The van der Waals surface area contributed by atoms with E-state index in [0.29, 0.717) is 11.7 Å². The number of likely N-dealkylation sites (tertiary alicyclic amines) is 1. The van der Waals surface area contributed by atoms with Crippen molar-refractivity contribution in [2.24, 2.45) is 5.92 Å². The van der Waals surface area contributed by atoms with Gasteiger partial charge in [0.2, 0.25) is 0 Å². The van der Waals surface area contributed by atoms with Crippen molar-refractivity contribution >= 4 is 23.4 Å². The normalized spacial score (nSPS) is 17.1. The van der Waals surface area contributed by atoms with Crippen LogP contribution in [0.25, 0.3) is 0 Å². The zero-order chi connectivity index (χ0) is 14.5. The summed E-state index contributed by atoms with van der Waals surface area (Å²) in [5.41, 5.74) is 0.0800. The van der Waals surface area contributed by atoms with Crippen LogP contribution in [0.1, 0.15) is 30.1 Å². The molecule has 20 heavy (non-hydrogen) atoms. The van der Waals surface area contributed by atoms with E-state index in [0.717, 1.165) is 13.1 Å². The summed E-state index contributed by atoms with van der Waals surface area (Å²) in [5.74, 6) is -0.134. The SMILES string of the molecule is CC(CNc1nccc(C(=O)O)c1Cl)CN1CCCC1. The first kappa shape index (κ1) is 15.1. The number of pyridine rings is 1. The van der Waals surface area contributed by atoms with Crippen LogP contribution in [0.15, 0.2) is 12.3 Å². The molecular weight excluding hydrogens is 278 g/mol. The lowest BCUT2D eigenvalue weighted by Crippen LogP contribution is -2.29. The van der Waals surface area contributed by atoms with Gasteiger partial charge in [-0.05, 0) is 37.9 Å². The second-order valence-electron chi connectivity index (χ2n) is 5.32. The molecule has 1 unspecified atom stereocenters. The van der Waals surface area contributed by atoms with E-state index in [1.54, 1.807) is 0 Å². The van der Waals surface area contributed by atoms with Gasteiger partial charge in [-0.3, -0.25) is 0 Å². The highest BCUT2D eigenvalue weighted by Crippen LogP contribution is 2.23. The van der Waals surface area contributed by atoms with Crippen LogP contribution in [0.4, 0.5) is 5.82 Å². The molecule has 2 N–H and O–H groups in total. The fraction of sp³-hybridized carbons (Fsp3) is 0.571. The molecule has 1 saturated heterocycles. The summed E-state index contributed by atoms with van der Waals surface area (Å²) in [5, 5.41) is 12.3. The molecule has 110 valence electrons. The van der Waals surface area contributed by atoms with E-state index in [-0.39, 0.29) is 10.6 Å². The molecule has 2 rings (SSSR count). The first-order valence-corrected chi connectivity index (χ1v) is 7.29. The first-order valence-electron chi connectivity index (χ1n) is 6.92. The van der Waals surface area contributed by atoms with Crippen molar-refractivity contribution in [2.75, 3.05) is 31.5 Å². The molecule has 0 radical (unpaired) electrons. The number of carboxylic acids is 1. The lowest BCUT2D eigenvalue weighted by atomic mass is 10.1. The molecule has 0 spiro atoms. The molecule has 1 aliphatic heterocycles. The van der Waals surface area contributed by atoms with Crippen LogP contribution < -0.4 is 5.32 Å². The quantitative estimate of drug-likeness (QED) is 0.845. The monoisotopic (exact) mass is 297 g/mol. The Morgan fingerprint density at radius 3 is 2.90 bits per heavy atom. The largest absolute Gasteiger partial charge is 0.478 e. The van der Waals surface area contributed by atoms with E-state index in [4.69, 9.17) is 16.7 Å². The van der Waals surface area contributed by atoms with Crippen LogP contribution in [0.5, 0.6) is 0 Å². The molecule has 0 amide bonds. The maximum atomic E-state index is 11.0. The Hall–Kier alpha value is -1.33. The Morgan fingerprint density at radius 2 is 2.25 bits per heavy atom. The summed E-state index contributed by atoms with van der Waals surface area (Å²) >= 11 is 6.04. The minimum Gasteiger partial charge on any atom is -0.478 e. The van der Waals surface area contributed by atoms with Gasteiger partial charge in [-0.25, -0.2) is 9.78 Å². The molecule has 5 nitrogen and oxygen atoms in total. The molecule has 2 heterocycles. The van der Waals surface area contributed by atoms with Crippen LogP contribution in [-0.2, 0) is 0 Å². The lowest BCUT2D eigenvalue weighted by Gasteiger charge is -2.21. The number of halogens is 1. The molecule has 6 heteroatoms. The van der Waals surface area contributed by atoms with E-state index in [2.05, 4.69) is 22.1 Å². The van der Waals surface area contributed by atoms with Crippen molar-refractivity contribution in [3.63, 3.8) is 0 Å². The number of carbonyl (C=O) groups is 1. The van der Waals surface area contributed by atoms with Crippen molar-refractivity contribution in [3.05, 3.63) is 22.8 Å². The molecule has 1 aromatic rings. The van der Waals surface area contributed by atoms with E-state index in [1.165, 1.54) is 38.2 Å². The predicted molar refractivity (Wildman–Crippen MR) is 79.5 cm³/mol. The van der Waals surface area contributed by atoms with E-state index < -0.39 is 5.97 Å². The summed E-state index contributed by atoms with van der Waals surface area (Å²) in [6, 6.07) is 1.41. The maximum Gasteiger partial charge on any atom is 0.337 e. The summed E-state index contributed by atoms with van der Waals surface area (Å²) in [6.07, 6.45) is 4.03. The van der Waals surface area contributed by atoms with Crippen molar-refractivity contribution in [1.29, 1.82) is 0 Å². The van der Waals surface area contributed by atoms with E-state index in [1.807, 2.05) is 0 Å². The molecule has 0 bridgehead atoms. The van der Waals surface area contributed by atoms with Gasteiger partial charge in [0.15, 0.2) is 0 Å². The van der Waals surface area contributed by atoms with Crippen LogP contribution >= 0.6 is 11.6 Å². The van der Waals surface area contributed by atoms with Crippen molar-refractivity contribution < 1.29 is 9.90 Å². The minimum absolute atomic E-state index is 0.0800. The number of nitrogens with one attached hydrogen (secondary N) is 1. The molecule has 1 aliphatic rings. The van der Waals surface area contributed by atoms with E-state index >= 15 is 0 Å². The van der Waals surface area contributed by atoms with Gasteiger partial charge in [-0.15, -0.1) is 0 Å². The summed E-state index contributed by atoms with van der Waals surface area (Å²) < 4.78 is 0. The Bertz CT molecular complexity index is 475. The molecule has 1 aromatic heterocycles. The van der Waals surface area contributed by atoms with Crippen molar-refractivity contribution in [1.82, 2.24) is 9.88 Å². The van der Waals surface area contributed by atoms with Crippen LogP contribution in [-0.4, -0.2) is 47.1 Å². The smallest absolute Gasteiger partial charge is 0.337 e. The standard InChI is InChI=1S/C14H20ClN3O2/c1-10(9-18-6-2-3-7-18)8-17-13-12(15)11(14(19)20)4-5-16-13/h4-5,10H,2-3,6-9H2,1H3,(H,16,17)(H,19,20). The van der Waals surface area contributed by atoms with Crippen molar-refractivity contribution in [3.8, 4) is 0 Å². The molecule has 1 fully saturated rings. The average molecular weight is 298 g/mol. The molecule has 0 aromatic carbocycles. The number of aromatic carboxylic acids is 1. The third kappa shape index (κ3) is 3.84. The number of hydrogen-bond donors (Lipinski definition) is 2. The second kappa shape index (κ2) is 6.90. The predicted octanol–water partition coefficient (Wildman–Crippen LogP) is 2.58. The topological polar surface area (TPSA) is 65.5 Å². The van der Waals surface area contributed by atoms with Crippen LogP contribution in [0, 0.1) is 5.92 Å². The summed E-state index contributed by atoms with van der Waals surface area (Å²) in [7, 11) is 0. The molecular formula is C14H20ClN3O2. The second-order valence-corrected chi connectivity index (χ2v) is 5.70. The van der Waals surface area contributed by atoms with Gasteiger partial charge < -0.3 is 15.3 Å². The van der Waals surface area contributed by atoms with Gasteiger partial charge in [0.05, 0.1) is 10.6 Å². The van der Waals surface area contributed by atoms with Gasteiger partial charge in [0, 0.05) is 19.3 Å². The highest BCUT2D eigenvalue weighted by Gasteiger charge is 2.16. The van der Waals surface area contributed by atoms with Crippen LogP contribution in [0.3, 0.4) is 0 Å².